The first-order chi connectivity index (χ1) is 11.1. The topological polar surface area (TPSA) is 54.3 Å². The number of aryl methyl sites for hydroxylation is 1. The zero-order chi connectivity index (χ0) is 18.1. The van der Waals surface area contributed by atoms with Crippen molar-refractivity contribution in [3.8, 4) is 0 Å². The fourth-order valence-electron chi connectivity index (χ4n) is 3.06. The van der Waals surface area contributed by atoms with E-state index in [2.05, 4.69) is 23.7 Å². The first-order valence-electron chi connectivity index (χ1n) is 8.08. The normalized spacial score (nSPS) is 13.8. The Labute approximate surface area is 142 Å². The Kier molecular flexibility index (Phi) is 5.13. The molecule has 1 aromatic carbocycles. The molecule has 0 aliphatic rings. The lowest BCUT2D eigenvalue weighted by atomic mass is 9.96. The van der Waals surface area contributed by atoms with E-state index >= 15 is 0 Å². The average Bonchev–Trinajstić information content (AvgIpc) is 2.80. The van der Waals surface area contributed by atoms with Gasteiger partial charge < -0.3 is 15.0 Å². The maximum atomic E-state index is 13.0. The molecular formula is C19H25FN2O2. The molecule has 2 rings (SSSR count). The largest absolute Gasteiger partial charge is 0.384 e. The second-order valence-electron chi connectivity index (χ2n) is 6.71. The van der Waals surface area contributed by atoms with Gasteiger partial charge in [0.1, 0.15) is 11.4 Å². The van der Waals surface area contributed by atoms with Gasteiger partial charge in [0.25, 0.3) is 5.91 Å². The first-order valence-corrected chi connectivity index (χ1v) is 8.08. The standard InChI is InChI=1S/C19H25FN2O2/c1-12(2)22-13(3)10-17(14(22)4)18(23)21-11-19(5,24)15-6-8-16(20)9-7-15/h6-10,12,24H,11H2,1-5H3,(H,21,23). The molecule has 0 bridgehead atoms. The maximum Gasteiger partial charge on any atom is 0.253 e. The summed E-state index contributed by atoms with van der Waals surface area (Å²) in [6.07, 6.45) is 0. The van der Waals surface area contributed by atoms with E-state index in [1.165, 1.54) is 24.3 Å². The Morgan fingerprint density at radius 3 is 2.38 bits per heavy atom. The molecule has 0 aliphatic carbocycles. The van der Waals surface area contributed by atoms with Crippen LogP contribution in [0.15, 0.2) is 30.3 Å². The number of hydrogen-bond donors (Lipinski definition) is 2. The van der Waals surface area contributed by atoms with Crippen LogP contribution in [0.3, 0.4) is 0 Å². The van der Waals surface area contributed by atoms with Gasteiger partial charge in [-0.25, -0.2) is 4.39 Å². The fourth-order valence-corrected chi connectivity index (χ4v) is 3.06. The Hall–Kier alpha value is -2.14. The van der Waals surface area contributed by atoms with E-state index in [0.717, 1.165) is 11.4 Å². The predicted molar refractivity (Wildman–Crippen MR) is 92.6 cm³/mol. The Bertz CT molecular complexity index is 731. The smallest absolute Gasteiger partial charge is 0.253 e. The van der Waals surface area contributed by atoms with Crippen LogP contribution in [0.4, 0.5) is 4.39 Å². The van der Waals surface area contributed by atoms with Crippen molar-refractivity contribution < 1.29 is 14.3 Å². The summed E-state index contributed by atoms with van der Waals surface area (Å²) in [4.78, 5) is 12.5. The molecule has 24 heavy (non-hydrogen) atoms. The maximum absolute atomic E-state index is 13.0. The molecule has 1 amide bonds. The van der Waals surface area contributed by atoms with Crippen molar-refractivity contribution in [1.29, 1.82) is 0 Å². The molecule has 1 unspecified atom stereocenters. The molecule has 1 aromatic heterocycles. The second kappa shape index (κ2) is 6.77. The Balaban J connectivity index is 2.13. The van der Waals surface area contributed by atoms with Crippen molar-refractivity contribution in [2.24, 2.45) is 0 Å². The average molecular weight is 332 g/mol. The number of benzene rings is 1. The van der Waals surface area contributed by atoms with Gasteiger partial charge in [0.05, 0.1) is 12.1 Å². The van der Waals surface area contributed by atoms with Gasteiger partial charge in [-0.1, -0.05) is 12.1 Å². The molecule has 0 saturated carbocycles. The van der Waals surface area contributed by atoms with Crippen molar-refractivity contribution in [2.75, 3.05) is 6.54 Å². The van der Waals surface area contributed by atoms with E-state index in [4.69, 9.17) is 0 Å². The SMILES string of the molecule is Cc1cc(C(=O)NCC(C)(O)c2ccc(F)cc2)c(C)n1C(C)C. The summed E-state index contributed by atoms with van der Waals surface area (Å²) in [5, 5.41) is 13.3. The third kappa shape index (κ3) is 3.67. The monoisotopic (exact) mass is 332 g/mol. The molecule has 0 spiro atoms. The van der Waals surface area contributed by atoms with E-state index in [0.29, 0.717) is 11.1 Å². The third-order valence-electron chi connectivity index (χ3n) is 4.30. The van der Waals surface area contributed by atoms with Crippen molar-refractivity contribution in [3.05, 3.63) is 58.7 Å². The quantitative estimate of drug-likeness (QED) is 0.881. The highest BCUT2D eigenvalue weighted by molar-refractivity contribution is 5.95. The Morgan fingerprint density at radius 1 is 1.29 bits per heavy atom. The van der Waals surface area contributed by atoms with Crippen LogP contribution < -0.4 is 5.32 Å². The molecular weight excluding hydrogens is 307 g/mol. The van der Waals surface area contributed by atoms with E-state index in [-0.39, 0.29) is 24.3 Å². The minimum atomic E-state index is -1.27. The Morgan fingerprint density at radius 2 is 1.88 bits per heavy atom. The van der Waals surface area contributed by atoms with E-state index < -0.39 is 5.60 Å². The molecule has 0 fully saturated rings. The zero-order valence-electron chi connectivity index (χ0n) is 14.9. The number of carbonyl (C=O) groups is 1. The number of carbonyl (C=O) groups excluding carboxylic acids is 1. The number of halogens is 1. The molecule has 1 heterocycles. The van der Waals surface area contributed by atoms with E-state index in [9.17, 15) is 14.3 Å². The zero-order valence-corrected chi connectivity index (χ0v) is 14.9. The summed E-state index contributed by atoms with van der Waals surface area (Å²) in [7, 11) is 0. The van der Waals surface area contributed by atoms with Gasteiger partial charge in [-0.15, -0.1) is 0 Å². The van der Waals surface area contributed by atoms with Crippen molar-refractivity contribution in [3.63, 3.8) is 0 Å². The molecule has 0 radical (unpaired) electrons. The van der Waals surface area contributed by atoms with Gasteiger partial charge >= 0.3 is 0 Å². The van der Waals surface area contributed by atoms with Crippen molar-refractivity contribution in [1.82, 2.24) is 9.88 Å². The van der Waals surface area contributed by atoms with Gasteiger partial charge in [-0.3, -0.25) is 4.79 Å². The van der Waals surface area contributed by atoms with Crippen molar-refractivity contribution >= 4 is 5.91 Å². The summed E-state index contributed by atoms with van der Waals surface area (Å²) >= 11 is 0. The highest BCUT2D eigenvalue weighted by atomic mass is 19.1. The first kappa shape index (κ1) is 18.2. The minimum Gasteiger partial charge on any atom is -0.384 e. The van der Waals surface area contributed by atoms with Gasteiger partial charge in [0.15, 0.2) is 0 Å². The van der Waals surface area contributed by atoms with E-state index in [1.54, 1.807) is 6.92 Å². The van der Waals surface area contributed by atoms with Crippen LogP contribution >= 0.6 is 0 Å². The van der Waals surface area contributed by atoms with Crippen LogP contribution in [0.2, 0.25) is 0 Å². The summed E-state index contributed by atoms with van der Waals surface area (Å²) in [6, 6.07) is 7.76. The van der Waals surface area contributed by atoms with Gasteiger partial charge in [0.2, 0.25) is 0 Å². The van der Waals surface area contributed by atoms with Crippen LogP contribution in [0.25, 0.3) is 0 Å². The number of amides is 1. The van der Waals surface area contributed by atoms with E-state index in [1.807, 2.05) is 19.9 Å². The lowest BCUT2D eigenvalue weighted by Gasteiger charge is -2.24. The van der Waals surface area contributed by atoms with Gasteiger partial charge in [-0.2, -0.15) is 0 Å². The number of hydrogen-bond acceptors (Lipinski definition) is 2. The summed E-state index contributed by atoms with van der Waals surface area (Å²) < 4.78 is 15.1. The van der Waals surface area contributed by atoms with Crippen molar-refractivity contribution in [2.45, 2.75) is 46.3 Å². The molecule has 2 N–H and O–H groups in total. The summed E-state index contributed by atoms with van der Waals surface area (Å²) in [6.45, 7) is 9.67. The number of rotatable bonds is 5. The highest BCUT2D eigenvalue weighted by Crippen LogP contribution is 2.22. The molecule has 4 nitrogen and oxygen atoms in total. The lowest BCUT2D eigenvalue weighted by molar-refractivity contribution is 0.0525. The highest BCUT2D eigenvalue weighted by Gasteiger charge is 2.25. The van der Waals surface area contributed by atoms with Crippen LogP contribution in [0, 0.1) is 19.7 Å². The predicted octanol–water partition coefficient (Wildman–Crippen LogP) is 3.46. The third-order valence-corrected chi connectivity index (χ3v) is 4.30. The lowest BCUT2D eigenvalue weighted by Crippen LogP contribution is -2.38. The molecule has 130 valence electrons. The number of nitrogens with one attached hydrogen (secondary N) is 1. The number of nitrogens with zero attached hydrogens (tertiary/aromatic N) is 1. The molecule has 2 aromatic rings. The molecule has 0 saturated heterocycles. The minimum absolute atomic E-state index is 0.0445. The summed E-state index contributed by atoms with van der Waals surface area (Å²) in [5.74, 6) is -0.586. The molecule has 5 heteroatoms. The molecule has 1 atom stereocenters. The number of aliphatic hydroxyl groups is 1. The van der Waals surface area contributed by atoms with Crippen LogP contribution in [0.5, 0.6) is 0 Å². The van der Waals surface area contributed by atoms with Crippen LogP contribution in [-0.4, -0.2) is 22.1 Å². The molecule has 0 aliphatic heterocycles. The van der Waals surface area contributed by atoms with Gasteiger partial charge in [0, 0.05) is 17.4 Å². The summed E-state index contributed by atoms with van der Waals surface area (Å²) in [5.41, 5.74) is 1.82. The van der Waals surface area contributed by atoms with Gasteiger partial charge in [-0.05, 0) is 58.4 Å². The second-order valence-corrected chi connectivity index (χ2v) is 6.71. The number of aromatic nitrogens is 1. The fraction of sp³-hybridized carbons (Fsp3) is 0.421. The van der Waals surface area contributed by atoms with Crippen LogP contribution in [0.1, 0.15) is 54.1 Å². The van der Waals surface area contributed by atoms with Crippen LogP contribution in [-0.2, 0) is 5.60 Å².